The third-order valence-corrected chi connectivity index (χ3v) is 3.58. The van der Waals surface area contributed by atoms with Crippen LogP contribution in [0.25, 0.3) is 0 Å². The van der Waals surface area contributed by atoms with Gasteiger partial charge in [0.15, 0.2) is 0 Å². The van der Waals surface area contributed by atoms with Crippen molar-refractivity contribution in [3.63, 3.8) is 0 Å². The number of hydrogen-bond donors (Lipinski definition) is 2. The molecule has 0 radical (unpaired) electrons. The first kappa shape index (κ1) is 14.6. The van der Waals surface area contributed by atoms with Gasteiger partial charge in [0, 0.05) is 6.42 Å². The molecular formula is C15H17FN4O2. The van der Waals surface area contributed by atoms with Gasteiger partial charge >= 0.3 is 0 Å². The number of nitrogens with zero attached hydrogens (tertiary/aromatic N) is 2. The molecule has 22 heavy (non-hydrogen) atoms. The van der Waals surface area contributed by atoms with Crippen molar-refractivity contribution in [3.8, 4) is 0 Å². The SMILES string of the molecule is C[C@H]1CC[C@@H](C(=O)Nc2n[nH]c(Cc3ccc(F)cc3)n2)O1. The number of nitrogens with one attached hydrogen (secondary N) is 2. The lowest BCUT2D eigenvalue weighted by molar-refractivity contribution is -0.126. The number of anilines is 1. The Hall–Kier alpha value is -2.28. The highest BCUT2D eigenvalue weighted by molar-refractivity contribution is 5.92. The number of H-pyrrole nitrogens is 1. The molecule has 1 aromatic carbocycles. The molecule has 1 saturated heterocycles. The number of aromatic amines is 1. The summed E-state index contributed by atoms with van der Waals surface area (Å²) >= 11 is 0. The molecular weight excluding hydrogens is 287 g/mol. The maximum Gasteiger partial charge on any atom is 0.255 e. The van der Waals surface area contributed by atoms with Gasteiger partial charge in [0.25, 0.3) is 5.91 Å². The van der Waals surface area contributed by atoms with E-state index in [1.54, 1.807) is 12.1 Å². The summed E-state index contributed by atoms with van der Waals surface area (Å²) in [5, 5.41) is 9.37. The minimum Gasteiger partial charge on any atom is -0.365 e. The number of carbonyl (C=O) groups is 1. The molecule has 116 valence electrons. The minimum absolute atomic E-state index is 0.108. The minimum atomic E-state index is -0.436. The summed E-state index contributed by atoms with van der Waals surface area (Å²) in [6.45, 7) is 1.95. The smallest absolute Gasteiger partial charge is 0.255 e. The van der Waals surface area contributed by atoms with Crippen LogP contribution < -0.4 is 5.32 Å². The second-order valence-electron chi connectivity index (χ2n) is 5.41. The fourth-order valence-corrected chi connectivity index (χ4v) is 2.41. The van der Waals surface area contributed by atoms with E-state index < -0.39 is 6.10 Å². The standard InChI is InChI=1S/C15H17FN4O2/c1-9-2-7-12(22-9)14(21)18-15-17-13(19-20-15)8-10-3-5-11(16)6-4-10/h3-6,9,12H,2,7-8H2,1H3,(H2,17,18,19,20,21)/t9-,12-/m0/s1. The van der Waals surface area contributed by atoms with E-state index >= 15 is 0 Å². The Labute approximate surface area is 127 Å². The van der Waals surface area contributed by atoms with Gasteiger partial charge in [-0.1, -0.05) is 12.1 Å². The fourth-order valence-electron chi connectivity index (χ4n) is 2.41. The largest absolute Gasteiger partial charge is 0.365 e. The van der Waals surface area contributed by atoms with E-state index in [0.717, 1.165) is 12.0 Å². The molecule has 2 aromatic rings. The Morgan fingerprint density at radius 1 is 1.41 bits per heavy atom. The van der Waals surface area contributed by atoms with E-state index in [-0.39, 0.29) is 23.8 Å². The van der Waals surface area contributed by atoms with Crippen molar-refractivity contribution >= 4 is 11.9 Å². The zero-order valence-corrected chi connectivity index (χ0v) is 12.2. The summed E-state index contributed by atoms with van der Waals surface area (Å²) < 4.78 is 18.3. The molecule has 7 heteroatoms. The van der Waals surface area contributed by atoms with Gasteiger partial charge in [0.2, 0.25) is 5.95 Å². The zero-order chi connectivity index (χ0) is 15.5. The van der Waals surface area contributed by atoms with Crippen LogP contribution in [0, 0.1) is 5.82 Å². The Morgan fingerprint density at radius 2 is 2.18 bits per heavy atom. The number of rotatable bonds is 4. The molecule has 0 unspecified atom stereocenters. The van der Waals surface area contributed by atoms with Crippen molar-refractivity contribution < 1.29 is 13.9 Å². The molecule has 0 aliphatic carbocycles. The molecule has 2 N–H and O–H groups in total. The van der Waals surface area contributed by atoms with Crippen LogP contribution in [0.4, 0.5) is 10.3 Å². The van der Waals surface area contributed by atoms with Gasteiger partial charge in [-0.25, -0.2) is 4.39 Å². The number of aromatic nitrogens is 3. The van der Waals surface area contributed by atoms with Crippen LogP contribution in [-0.4, -0.2) is 33.3 Å². The molecule has 1 aliphatic heterocycles. The Morgan fingerprint density at radius 3 is 2.86 bits per heavy atom. The van der Waals surface area contributed by atoms with Crippen molar-refractivity contribution in [2.24, 2.45) is 0 Å². The van der Waals surface area contributed by atoms with Crippen molar-refractivity contribution in [1.29, 1.82) is 0 Å². The van der Waals surface area contributed by atoms with Crippen molar-refractivity contribution in [2.45, 2.75) is 38.4 Å². The van der Waals surface area contributed by atoms with Crippen LogP contribution in [-0.2, 0) is 16.0 Å². The first-order chi connectivity index (χ1) is 10.6. The predicted molar refractivity (Wildman–Crippen MR) is 77.8 cm³/mol. The summed E-state index contributed by atoms with van der Waals surface area (Å²) in [5.41, 5.74) is 0.906. The maximum atomic E-state index is 12.9. The Kier molecular flexibility index (Phi) is 4.15. The van der Waals surface area contributed by atoms with E-state index in [1.165, 1.54) is 12.1 Å². The summed E-state index contributed by atoms with van der Waals surface area (Å²) in [7, 11) is 0. The zero-order valence-electron chi connectivity index (χ0n) is 12.2. The number of carbonyl (C=O) groups excluding carboxylic acids is 1. The van der Waals surface area contributed by atoms with Crippen molar-refractivity contribution in [2.75, 3.05) is 5.32 Å². The molecule has 2 atom stereocenters. The highest BCUT2D eigenvalue weighted by atomic mass is 19.1. The van der Waals surface area contributed by atoms with Gasteiger partial charge in [-0.3, -0.25) is 15.2 Å². The second-order valence-corrected chi connectivity index (χ2v) is 5.41. The van der Waals surface area contributed by atoms with E-state index in [9.17, 15) is 9.18 Å². The van der Waals surface area contributed by atoms with E-state index in [4.69, 9.17) is 4.74 Å². The van der Waals surface area contributed by atoms with Crippen LogP contribution in [0.3, 0.4) is 0 Å². The third-order valence-electron chi connectivity index (χ3n) is 3.58. The van der Waals surface area contributed by atoms with E-state index in [1.807, 2.05) is 6.92 Å². The first-order valence-electron chi connectivity index (χ1n) is 7.22. The first-order valence-corrected chi connectivity index (χ1v) is 7.22. The molecule has 2 heterocycles. The molecule has 0 saturated carbocycles. The van der Waals surface area contributed by atoms with Crippen LogP contribution in [0.5, 0.6) is 0 Å². The Balaban J connectivity index is 1.59. The van der Waals surface area contributed by atoms with Crippen molar-refractivity contribution in [3.05, 3.63) is 41.5 Å². The average molecular weight is 304 g/mol. The molecule has 1 amide bonds. The maximum absolute atomic E-state index is 12.9. The third kappa shape index (κ3) is 3.48. The quantitative estimate of drug-likeness (QED) is 0.906. The number of hydrogen-bond acceptors (Lipinski definition) is 4. The van der Waals surface area contributed by atoms with Gasteiger partial charge in [-0.05, 0) is 37.5 Å². The van der Waals surface area contributed by atoms with Crippen LogP contribution in [0.1, 0.15) is 31.2 Å². The number of benzene rings is 1. The molecule has 6 nitrogen and oxygen atoms in total. The summed E-state index contributed by atoms with van der Waals surface area (Å²) in [6, 6.07) is 6.16. The summed E-state index contributed by atoms with van der Waals surface area (Å²) in [6.07, 6.45) is 1.74. The molecule has 3 rings (SSSR count). The van der Waals surface area contributed by atoms with Gasteiger partial charge in [-0.15, -0.1) is 5.10 Å². The molecule has 1 aliphatic rings. The second kappa shape index (κ2) is 6.23. The van der Waals surface area contributed by atoms with Gasteiger partial charge < -0.3 is 4.74 Å². The van der Waals surface area contributed by atoms with Gasteiger partial charge in [0.1, 0.15) is 17.7 Å². The molecule has 0 bridgehead atoms. The van der Waals surface area contributed by atoms with Gasteiger partial charge in [0.05, 0.1) is 6.10 Å². The Bertz CT molecular complexity index is 656. The summed E-state index contributed by atoms with van der Waals surface area (Å²) in [5.74, 6) is 0.324. The average Bonchev–Trinajstić information content (AvgIpc) is 3.11. The lowest BCUT2D eigenvalue weighted by Crippen LogP contribution is -2.28. The predicted octanol–water partition coefficient (Wildman–Crippen LogP) is 2.04. The lowest BCUT2D eigenvalue weighted by atomic mass is 10.1. The van der Waals surface area contributed by atoms with Gasteiger partial charge in [-0.2, -0.15) is 4.98 Å². The topological polar surface area (TPSA) is 79.9 Å². The fraction of sp³-hybridized carbons (Fsp3) is 0.400. The molecule has 0 spiro atoms. The van der Waals surface area contributed by atoms with E-state index in [0.29, 0.717) is 18.7 Å². The van der Waals surface area contributed by atoms with Crippen LogP contribution in [0.15, 0.2) is 24.3 Å². The molecule has 1 fully saturated rings. The summed E-state index contributed by atoms with van der Waals surface area (Å²) in [4.78, 5) is 16.2. The highest BCUT2D eigenvalue weighted by Crippen LogP contribution is 2.20. The number of ether oxygens (including phenoxy) is 1. The number of halogens is 1. The van der Waals surface area contributed by atoms with E-state index in [2.05, 4.69) is 20.5 Å². The van der Waals surface area contributed by atoms with Crippen molar-refractivity contribution in [1.82, 2.24) is 15.2 Å². The molecule has 1 aromatic heterocycles. The highest BCUT2D eigenvalue weighted by Gasteiger charge is 2.28. The van der Waals surface area contributed by atoms with Crippen LogP contribution in [0.2, 0.25) is 0 Å². The normalized spacial score (nSPS) is 21.0. The monoisotopic (exact) mass is 304 g/mol. The lowest BCUT2D eigenvalue weighted by Gasteiger charge is -2.09. The number of amides is 1. The van der Waals surface area contributed by atoms with Crippen LogP contribution >= 0.6 is 0 Å².